The average Bonchev–Trinajstić information content (AvgIpc) is 2.64. The van der Waals surface area contributed by atoms with Crippen LogP contribution >= 0.6 is 0 Å². The molecule has 0 bridgehead atoms. The zero-order chi connectivity index (χ0) is 14.5. The van der Waals surface area contributed by atoms with E-state index in [4.69, 9.17) is 5.11 Å². The van der Waals surface area contributed by atoms with E-state index in [9.17, 15) is 4.79 Å². The lowest BCUT2D eigenvalue weighted by Gasteiger charge is -2.27. The Hall–Kier alpha value is -1.35. The summed E-state index contributed by atoms with van der Waals surface area (Å²) in [6.45, 7) is 6.19. The van der Waals surface area contributed by atoms with E-state index in [-0.39, 0.29) is 0 Å². The number of carbonyl (C=O) groups is 1. The lowest BCUT2D eigenvalue weighted by Crippen LogP contribution is -2.31. The zero-order valence-corrected chi connectivity index (χ0v) is 12.5. The van der Waals surface area contributed by atoms with Crippen molar-refractivity contribution in [3.05, 3.63) is 35.4 Å². The van der Waals surface area contributed by atoms with Crippen molar-refractivity contribution in [2.75, 3.05) is 6.54 Å². The number of rotatable bonds is 4. The Morgan fingerprint density at radius 1 is 1.30 bits per heavy atom. The van der Waals surface area contributed by atoms with Crippen LogP contribution in [0.3, 0.4) is 0 Å². The van der Waals surface area contributed by atoms with Gasteiger partial charge >= 0.3 is 5.97 Å². The molecule has 1 N–H and O–H groups in total. The Labute approximate surface area is 121 Å². The molecule has 2 rings (SSSR count). The van der Waals surface area contributed by atoms with E-state index in [1.165, 1.54) is 37.8 Å². The Morgan fingerprint density at radius 3 is 2.65 bits per heavy atom. The fourth-order valence-electron chi connectivity index (χ4n) is 2.86. The molecule has 1 aromatic carbocycles. The van der Waals surface area contributed by atoms with Crippen LogP contribution in [0.25, 0.3) is 0 Å². The summed E-state index contributed by atoms with van der Waals surface area (Å²) in [6.07, 6.45) is 5.26. The van der Waals surface area contributed by atoms with Crippen molar-refractivity contribution in [1.29, 1.82) is 0 Å². The van der Waals surface area contributed by atoms with Crippen LogP contribution in [0.2, 0.25) is 0 Å². The molecular weight excluding hydrogens is 250 g/mol. The third-order valence-electron chi connectivity index (χ3n) is 4.43. The highest BCUT2D eigenvalue weighted by Gasteiger charge is 2.17. The van der Waals surface area contributed by atoms with Crippen molar-refractivity contribution in [3.63, 3.8) is 0 Å². The second kappa shape index (κ2) is 6.89. The van der Waals surface area contributed by atoms with E-state index in [1.807, 2.05) is 12.1 Å². The van der Waals surface area contributed by atoms with Gasteiger partial charge in [-0.15, -0.1) is 0 Å². The van der Waals surface area contributed by atoms with Crippen LogP contribution < -0.4 is 0 Å². The Bertz CT molecular complexity index is 441. The van der Waals surface area contributed by atoms with Gasteiger partial charge in [0.1, 0.15) is 0 Å². The highest BCUT2D eigenvalue weighted by atomic mass is 16.4. The third-order valence-corrected chi connectivity index (χ3v) is 4.43. The van der Waals surface area contributed by atoms with Gasteiger partial charge in [-0.2, -0.15) is 0 Å². The maximum absolute atomic E-state index is 11.0. The average molecular weight is 275 g/mol. The highest BCUT2D eigenvalue weighted by Crippen LogP contribution is 2.20. The van der Waals surface area contributed by atoms with E-state index >= 15 is 0 Å². The number of carboxylic acid groups (broad SMARTS) is 1. The topological polar surface area (TPSA) is 40.5 Å². The SMILES string of the molecule is CC(C(=O)O)c1ccc(CN2CCCCCC2C)cc1. The van der Waals surface area contributed by atoms with E-state index in [0.717, 1.165) is 12.1 Å². The minimum atomic E-state index is -0.765. The molecule has 0 aromatic heterocycles. The van der Waals surface area contributed by atoms with Crippen LogP contribution in [0, 0.1) is 0 Å². The quantitative estimate of drug-likeness (QED) is 0.912. The van der Waals surface area contributed by atoms with Gasteiger partial charge in [0, 0.05) is 12.6 Å². The van der Waals surface area contributed by atoms with E-state index < -0.39 is 11.9 Å². The first-order valence-corrected chi connectivity index (χ1v) is 7.63. The summed E-state index contributed by atoms with van der Waals surface area (Å²) in [4.78, 5) is 13.5. The molecule has 20 heavy (non-hydrogen) atoms. The van der Waals surface area contributed by atoms with Gasteiger partial charge in [0.15, 0.2) is 0 Å². The van der Waals surface area contributed by atoms with Gasteiger partial charge in [-0.25, -0.2) is 0 Å². The lowest BCUT2D eigenvalue weighted by molar-refractivity contribution is -0.138. The summed E-state index contributed by atoms with van der Waals surface area (Å²) >= 11 is 0. The molecule has 3 nitrogen and oxygen atoms in total. The second-order valence-electron chi connectivity index (χ2n) is 5.97. The number of likely N-dealkylation sites (tertiary alicyclic amines) is 1. The van der Waals surface area contributed by atoms with Crippen LogP contribution in [-0.4, -0.2) is 28.6 Å². The fourth-order valence-corrected chi connectivity index (χ4v) is 2.86. The molecule has 0 radical (unpaired) electrons. The van der Waals surface area contributed by atoms with Crippen LogP contribution in [0.5, 0.6) is 0 Å². The minimum Gasteiger partial charge on any atom is -0.481 e. The Morgan fingerprint density at radius 2 is 2.00 bits per heavy atom. The molecule has 3 heteroatoms. The molecule has 0 aliphatic carbocycles. The molecule has 2 unspecified atom stereocenters. The Kier molecular flexibility index (Phi) is 5.18. The number of hydrogen-bond acceptors (Lipinski definition) is 2. The van der Waals surface area contributed by atoms with Crippen LogP contribution in [-0.2, 0) is 11.3 Å². The van der Waals surface area contributed by atoms with Crippen molar-refractivity contribution in [1.82, 2.24) is 4.90 Å². The van der Waals surface area contributed by atoms with Gasteiger partial charge < -0.3 is 5.11 Å². The third kappa shape index (κ3) is 3.83. The number of carboxylic acids is 1. The van der Waals surface area contributed by atoms with Gasteiger partial charge in [0.2, 0.25) is 0 Å². The molecule has 1 aliphatic rings. The predicted octanol–water partition coefficient (Wildman–Crippen LogP) is 3.64. The lowest BCUT2D eigenvalue weighted by atomic mass is 10.00. The van der Waals surface area contributed by atoms with E-state index in [0.29, 0.717) is 6.04 Å². The van der Waals surface area contributed by atoms with Crippen molar-refractivity contribution >= 4 is 5.97 Å². The molecule has 0 spiro atoms. The monoisotopic (exact) mass is 275 g/mol. The van der Waals surface area contributed by atoms with Crippen LogP contribution in [0.15, 0.2) is 24.3 Å². The van der Waals surface area contributed by atoms with Crippen molar-refractivity contribution in [2.45, 2.75) is 58.0 Å². The first kappa shape index (κ1) is 15.0. The maximum atomic E-state index is 11.0. The van der Waals surface area contributed by atoms with E-state index in [2.05, 4.69) is 24.0 Å². The number of hydrogen-bond donors (Lipinski definition) is 1. The number of nitrogens with zero attached hydrogens (tertiary/aromatic N) is 1. The molecule has 110 valence electrons. The van der Waals surface area contributed by atoms with Gasteiger partial charge in [-0.3, -0.25) is 9.69 Å². The minimum absolute atomic E-state index is 0.429. The molecule has 1 aromatic rings. The summed E-state index contributed by atoms with van der Waals surface area (Å²) in [5.41, 5.74) is 2.16. The molecule has 1 saturated heterocycles. The largest absolute Gasteiger partial charge is 0.481 e. The molecule has 1 aliphatic heterocycles. The number of aliphatic carboxylic acids is 1. The fraction of sp³-hybridized carbons (Fsp3) is 0.588. The zero-order valence-electron chi connectivity index (χ0n) is 12.5. The van der Waals surface area contributed by atoms with Gasteiger partial charge in [0.25, 0.3) is 0 Å². The van der Waals surface area contributed by atoms with Crippen molar-refractivity contribution in [3.8, 4) is 0 Å². The van der Waals surface area contributed by atoms with Gasteiger partial charge in [-0.05, 0) is 44.4 Å². The smallest absolute Gasteiger partial charge is 0.310 e. The normalized spacial score (nSPS) is 22.2. The van der Waals surface area contributed by atoms with Crippen LogP contribution in [0.1, 0.15) is 56.6 Å². The second-order valence-corrected chi connectivity index (χ2v) is 5.97. The molecule has 0 saturated carbocycles. The van der Waals surface area contributed by atoms with E-state index in [1.54, 1.807) is 6.92 Å². The molecule has 0 amide bonds. The van der Waals surface area contributed by atoms with Crippen molar-refractivity contribution < 1.29 is 9.90 Å². The summed E-state index contributed by atoms with van der Waals surface area (Å²) in [6, 6.07) is 8.71. The molecule has 2 atom stereocenters. The van der Waals surface area contributed by atoms with Gasteiger partial charge in [-0.1, -0.05) is 37.1 Å². The molecule has 1 heterocycles. The number of benzene rings is 1. The maximum Gasteiger partial charge on any atom is 0.310 e. The first-order chi connectivity index (χ1) is 9.58. The summed E-state index contributed by atoms with van der Waals surface area (Å²) in [7, 11) is 0. The molecular formula is C17H25NO2. The van der Waals surface area contributed by atoms with Crippen molar-refractivity contribution in [2.24, 2.45) is 0 Å². The summed E-state index contributed by atoms with van der Waals surface area (Å²) in [5, 5.41) is 9.02. The molecule has 1 fully saturated rings. The van der Waals surface area contributed by atoms with Gasteiger partial charge in [0.05, 0.1) is 5.92 Å². The summed E-state index contributed by atoms with van der Waals surface area (Å²) < 4.78 is 0. The predicted molar refractivity (Wildman–Crippen MR) is 80.8 cm³/mol. The first-order valence-electron chi connectivity index (χ1n) is 7.63. The summed E-state index contributed by atoms with van der Waals surface area (Å²) in [5.74, 6) is -1.19. The Balaban J connectivity index is 2.01. The standard InChI is InChI=1S/C17H25NO2/c1-13-6-4-3-5-11-18(13)12-15-7-9-16(10-8-15)14(2)17(19)20/h7-10,13-14H,3-6,11-12H2,1-2H3,(H,19,20). The highest BCUT2D eigenvalue weighted by molar-refractivity contribution is 5.75. The van der Waals surface area contributed by atoms with Crippen LogP contribution in [0.4, 0.5) is 0 Å².